The number of fused-ring (bicyclic) bond motifs is 1. The summed E-state index contributed by atoms with van der Waals surface area (Å²) in [5, 5.41) is 21.4. The smallest absolute Gasteiger partial charge is 0.353 e. The maximum absolute atomic E-state index is 12.2. The average molecular weight is 370 g/mol. The molecule has 4 aromatic rings. The minimum Gasteiger partial charge on any atom is -0.353 e. The van der Waals surface area contributed by atoms with Gasteiger partial charge in [-0.2, -0.15) is 24.4 Å². The summed E-state index contributed by atoms with van der Waals surface area (Å²) < 4.78 is 2.44. The minimum absolute atomic E-state index is 0.00542. The number of amides is 1. The van der Waals surface area contributed by atoms with Crippen molar-refractivity contribution in [2.75, 3.05) is 6.54 Å². The lowest BCUT2D eigenvalue weighted by Gasteiger charge is -2.03. The SMILES string of the molecule is O=C(Cn1nc2ccccc2n1)NCCn1nnn(-c2cccs2)c1=O. The first-order valence-electron chi connectivity index (χ1n) is 7.84. The fourth-order valence-corrected chi connectivity index (χ4v) is 3.07. The van der Waals surface area contributed by atoms with E-state index in [1.807, 2.05) is 35.7 Å². The van der Waals surface area contributed by atoms with Crippen molar-refractivity contribution in [1.29, 1.82) is 0 Å². The molecule has 0 spiro atoms. The Balaban J connectivity index is 1.33. The number of rotatable bonds is 6. The third-order valence-electron chi connectivity index (χ3n) is 3.61. The molecule has 0 bridgehead atoms. The van der Waals surface area contributed by atoms with E-state index in [0.29, 0.717) is 5.00 Å². The van der Waals surface area contributed by atoms with E-state index in [2.05, 4.69) is 25.9 Å². The molecule has 1 aromatic carbocycles. The third kappa shape index (κ3) is 3.24. The average Bonchev–Trinajstić information content (AvgIpc) is 3.35. The molecule has 132 valence electrons. The predicted molar refractivity (Wildman–Crippen MR) is 94.0 cm³/mol. The number of aromatic nitrogens is 7. The molecule has 0 saturated heterocycles. The Kier molecular flexibility index (Phi) is 4.27. The number of hydrogen-bond acceptors (Lipinski definition) is 7. The molecule has 0 unspecified atom stereocenters. The van der Waals surface area contributed by atoms with Gasteiger partial charge in [-0.1, -0.05) is 12.1 Å². The Hall–Kier alpha value is -3.34. The van der Waals surface area contributed by atoms with Crippen molar-refractivity contribution < 1.29 is 4.79 Å². The molecule has 26 heavy (non-hydrogen) atoms. The second-order valence-corrected chi connectivity index (χ2v) is 6.34. The number of nitrogens with zero attached hydrogens (tertiary/aromatic N) is 7. The fraction of sp³-hybridized carbons (Fsp3) is 0.200. The lowest BCUT2D eigenvalue weighted by molar-refractivity contribution is -0.122. The zero-order valence-corrected chi connectivity index (χ0v) is 14.3. The molecule has 3 heterocycles. The van der Waals surface area contributed by atoms with Gasteiger partial charge in [0.15, 0.2) is 0 Å². The van der Waals surface area contributed by atoms with E-state index in [1.54, 1.807) is 6.07 Å². The van der Waals surface area contributed by atoms with Gasteiger partial charge >= 0.3 is 5.69 Å². The van der Waals surface area contributed by atoms with Gasteiger partial charge in [-0.15, -0.1) is 11.3 Å². The molecule has 0 saturated carbocycles. The number of thiophene rings is 1. The number of tetrazole rings is 1. The van der Waals surface area contributed by atoms with Crippen LogP contribution in [0.3, 0.4) is 0 Å². The number of benzene rings is 1. The molecule has 10 nitrogen and oxygen atoms in total. The summed E-state index contributed by atoms with van der Waals surface area (Å²) in [6.45, 7) is 0.485. The molecular formula is C15H14N8O2S. The molecule has 1 N–H and O–H groups in total. The monoisotopic (exact) mass is 370 g/mol. The Bertz CT molecular complexity index is 1060. The molecule has 0 atom stereocenters. The van der Waals surface area contributed by atoms with Crippen LogP contribution in [0, 0.1) is 0 Å². The molecular weight excluding hydrogens is 356 g/mol. The van der Waals surface area contributed by atoms with E-state index in [-0.39, 0.29) is 31.2 Å². The van der Waals surface area contributed by atoms with E-state index in [0.717, 1.165) is 11.0 Å². The predicted octanol–water partition coefficient (Wildman–Crippen LogP) is 0.0516. The minimum atomic E-state index is -0.346. The lowest BCUT2D eigenvalue weighted by atomic mass is 10.3. The van der Waals surface area contributed by atoms with Gasteiger partial charge in [0.05, 0.1) is 6.54 Å². The van der Waals surface area contributed by atoms with Crippen LogP contribution in [-0.2, 0) is 17.9 Å². The number of nitrogens with one attached hydrogen (secondary N) is 1. The van der Waals surface area contributed by atoms with Crippen LogP contribution < -0.4 is 11.0 Å². The van der Waals surface area contributed by atoms with Gasteiger partial charge in [0.25, 0.3) is 0 Å². The molecule has 3 aromatic heterocycles. The molecule has 0 radical (unpaired) electrons. The van der Waals surface area contributed by atoms with Crippen molar-refractivity contribution in [3.8, 4) is 5.00 Å². The highest BCUT2D eigenvalue weighted by Crippen LogP contribution is 2.10. The van der Waals surface area contributed by atoms with Crippen LogP contribution in [0.5, 0.6) is 0 Å². The number of carbonyl (C=O) groups excluding carboxylic acids is 1. The normalized spacial score (nSPS) is 11.1. The van der Waals surface area contributed by atoms with Crippen molar-refractivity contribution in [3.63, 3.8) is 0 Å². The van der Waals surface area contributed by atoms with Gasteiger partial charge in [-0.3, -0.25) is 4.79 Å². The van der Waals surface area contributed by atoms with Crippen LogP contribution in [-0.4, -0.2) is 47.2 Å². The molecule has 0 fully saturated rings. The summed E-state index contributed by atoms with van der Waals surface area (Å²) in [6.07, 6.45) is 0. The topological polar surface area (TPSA) is 113 Å². The second-order valence-electron chi connectivity index (χ2n) is 5.42. The van der Waals surface area contributed by atoms with Gasteiger partial charge in [-0.25, -0.2) is 4.79 Å². The van der Waals surface area contributed by atoms with E-state index in [9.17, 15) is 9.59 Å². The van der Waals surface area contributed by atoms with E-state index in [1.165, 1.54) is 25.5 Å². The molecule has 1 amide bonds. The van der Waals surface area contributed by atoms with Gasteiger partial charge in [0.2, 0.25) is 5.91 Å². The lowest BCUT2D eigenvalue weighted by Crippen LogP contribution is -2.34. The van der Waals surface area contributed by atoms with E-state index >= 15 is 0 Å². The molecule has 11 heteroatoms. The Morgan fingerprint density at radius 1 is 1.08 bits per heavy atom. The molecule has 0 aliphatic rings. The highest BCUT2D eigenvalue weighted by molar-refractivity contribution is 7.12. The van der Waals surface area contributed by atoms with Gasteiger partial charge in [0, 0.05) is 6.54 Å². The summed E-state index contributed by atoms with van der Waals surface area (Å²) in [4.78, 5) is 25.6. The highest BCUT2D eigenvalue weighted by Gasteiger charge is 2.10. The fourth-order valence-electron chi connectivity index (χ4n) is 2.40. The van der Waals surface area contributed by atoms with Crippen molar-refractivity contribution in [2.24, 2.45) is 0 Å². The number of hydrogen-bond donors (Lipinski definition) is 1. The van der Waals surface area contributed by atoms with Crippen LogP contribution in [0.4, 0.5) is 0 Å². The first-order valence-corrected chi connectivity index (χ1v) is 8.72. The first-order chi connectivity index (χ1) is 12.7. The van der Waals surface area contributed by atoms with Gasteiger partial charge in [-0.05, 0) is 40.1 Å². The third-order valence-corrected chi connectivity index (χ3v) is 4.46. The highest BCUT2D eigenvalue weighted by atomic mass is 32.1. The summed E-state index contributed by atoms with van der Waals surface area (Å²) in [5.41, 5.74) is 1.12. The molecule has 0 aliphatic heterocycles. The summed E-state index contributed by atoms with van der Waals surface area (Å²) in [5.74, 6) is -0.246. The van der Waals surface area contributed by atoms with Crippen LogP contribution in [0.25, 0.3) is 16.0 Å². The van der Waals surface area contributed by atoms with Crippen molar-refractivity contribution in [3.05, 3.63) is 52.3 Å². The molecule has 4 rings (SSSR count). The maximum atomic E-state index is 12.2. The zero-order valence-electron chi connectivity index (χ0n) is 13.5. The van der Waals surface area contributed by atoms with Crippen molar-refractivity contribution in [2.45, 2.75) is 13.1 Å². The second kappa shape index (κ2) is 6.88. The molecule has 0 aliphatic carbocycles. The van der Waals surface area contributed by atoms with E-state index < -0.39 is 0 Å². The van der Waals surface area contributed by atoms with Crippen LogP contribution in [0.1, 0.15) is 0 Å². The van der Waals surface area contributed by atoms with Crippen LogP contribution in [0.15, 0.2) is 46.6 Å². The van der Waals surface area contributed by atoms with Crippen LogP contribution in [0.2, 0.25) is 0 Å². The standard InChI is InChI=1S/C15H14N8O2S/c24-13(10-22-17-11-4-1-2-5-12(11)18-22)16-7-8-21-15(25)23(20-19-21)14-6-3-9-26-14/h1-6,9H,7-8,10H2,(H,16,24). The van der Waals surface area contributed by atoms with Gasteiger partial charge in [0.1, 0.15) is 22.6 Å². The van der Waals surface area contributed by atoms with Crippen molar-refractivity contribution in [1.82, 2.24) is 40.1 Å². The quantitative estimate of drug-likeness (QED) is 0.513. The number of carbonyl (C=O) groups is 1. The van der Waals surface area contributed by atoms with Crippen molar-refractivity contribution >= 4 is 28.3 Å². The Labute approximate surface area is 150 Å². The zero-order chi connectivity index (χ0) is 17.9. The maximum Gasteiger partial charge on any atom is 0.369 e. The Morgan fingerprint density at radius 2 is 1.85 bits per heavy atom. The van der Waals surface area contributed by atoms with E-state index in [4.69, 9.17) is 0 Å². The van der Waals surface area contributed by atoms with Crippen LogP contribution >= 0.6 is 11.3 Å². The largest absolute Gasteiger partial charge is 0.369 e. The summed E-state index contributed by atoms with van der Waals surface area (Å²) >= 11 is 1.40. The Morgan fingerprint density at radius 3 is 2.54 bits per heavy atom. The van der Waals surface area contributed by atoms with Gasteiger partial charge < -0.3 is 5.32 Å². The summed E-state index contributed by atoms with van der Waals surface area (Å²) in [6, 6.07) is 11.0. The first kappa shape index (κ1) is 16.1. The summed E-state index contributed by atoms with van der Waals surface area (Å²) in [7, 11) is 0.